The summed E-state index contributed by atoms with van der Waals surface area (Å²) >= 11 is 0. The maximum absolute atomic E-state index is 11.7. The Morgan fingerprint density at radius 1 is 1.47 bits per heavy atom. The number of nitrogens with zero attached hydrogens (tertiary/aromatic N) is 2. The van der Waals surface area contributed by atoms with Crippen LogP contribution in [0.25, 0.3) is 0 Å². The van der Waals surface area contributed by atoms with Crippen LogP contribution in [0.3, 0.4) is 0 Å². The van der Waals surface area contributed by atoms with Crippen molar-refractivity contribution < 1.29 is 4.79 Å². The van der Waals surface area contributed by atoms with Crippen LogP contribution in [0.4, 0.5) is 5.69 Å². The van der Waals surface area contributed by atoms with Gasteiger partial charge in [-0.05, 0) is 37.1 Å². The molecular weight excluding hydrogens is 214 g/mol. The summed E-state index contributed by atoms with van der Waals surface area (Å²) in [6.45, 7) is 0.893. The van der Waals surface area contributed by atoms with Gasteiger partial charge in [-0.15, -0.1) is 0 Å². The van der Waals surface area contributed by atoms with Crippen molar-refractivity contribution in [1.29, 1.82) is 5.26 Å². The summed E-state index contributed by atoms with van der Waals surface area (Å²) in [4.78, 5) is 13.8. The molecule has 1 atom stereocenters. The lowest BCUT2D eigenvalue weighted by Gasteiger charge is -2.25. The molecule has 1 heterocycles. The van der Waals surface area contributed by atoms with Crippen molar-refractivity contribution in [2.75, 3.05) is 18.5 Å². The van der Waals surface area contributed by atoms with Crippen molar-refractivity contribution in [2.45, 2.75) is 18.9 Å². The summed E-state index contributed by atoms with van der Waals surface area (Å²) in [5, 5.41) is 11.4. The van der Waals surface area contributed by atoms with E-state index in [1.807, 2.05) is 12.1 Å². The third-order valence-electron chi connectivity index (χ3n) is 3.13. The summed E-state index contributed by atoms with van der Waals surface area (Å²) in [7, 11) is 1.66. The first-order valence-corrected chi connectivity index (χ1v) is 5.74. The fourth-order valence-corrected chi connectivity index (χ4v) is 2.24. The highest BCUT2D eigenvalue weighted by atomic mass is 16.2. The maximum atomic E-state index is 11.7. The SMILES string of the molecule is CNC(=O)C1CCCN1c1ccc(C#N)cc1. The van der Waals surface area contributed by atoms with Gasteiger partial charge in [0.25, 0.3) is 0 Å². The van der Waals surface area contributed by atoms with E-state index in [9.17, 15) is 4.79 Å². The number of hydrogen-bond donors (Lipinski definition) is 1. The van der Waals surface area contributed by atoms with E-state index < -0.39 is 0 Å². The topological polar surface area (TPSA) is 56.1 Å². The number of nitriles is 1. The Labute approximate surface area is 101 Å². The standard InChI is InChI=1S/C13H15N3O/c1-15-13(17)12-3-2-8-16(12)11-6-4-10(9-14)5-7-11/h4-7,12H,2-3,8H2,1H3,(H,15,17). The fourth-order valence-electron chi connectivity index (χ4n) is 2.24. The molecule has 1 aliphatic rings. The van der Waals surface area contributed by atoms with Gasteiger partial charge in [-0.1, -0.05) is 0 Å². The molecule has 17 heavy (non-hydrogen) atoms. The van der Waals surface area contributed by atoms with Crippen LogP contribution < -0.4 is 10.2 Å². The lowest BCUT2D eigenvalue weighted by Crippen LogP contribution is -2.41. The Hall–Kier alpha value is -2.02. The van der Waals surface area contributed by atoms with Crippen LogP contribution in [-0.4, -0.2) is 25.5 Å². The van der Waals surface area contributed by atoms with E-state index >= 15 is 0 Å². The molecule has 1 aliphatic heterocycles. The lowest BCUT2D eigenvalue weighted by molar-refractivity contribution is -0.121. The van der Waals surface area contributed by atoms with E-state index in [0.717, 1.165) is 25.1 Å². The lowest BCUT2D eigenvalue weighted by atomic mass is 10.1. The zero-order chi connectivity index (χ0) is 12.3. The van der Waals surface area contributed by atoms with Crippen LogP contribution in [0.2, 0.25) is 0 Å². The molecule has 0 radical (unpaired) electrons. The molecule has 1 aromatic rings. The minimum absolute atomic E-state index is 0.0619. The van der Waals surface area contributed by atoms with Gasteiger partial charge in [-0.25, -0.2) is 0 Å². The first kappa shape index (κ1) is 11.5. The Kier molecular flexibility index (Phi) is 3.29. The number of likely N-dealkylation sites (N-methyl/N-ethyl adjacent to an activating group) is 1. The summed E-state index contributed by atoms with van der Waals surface area (Å²) < 4.78 is 0. The van der Waals surface area contributed by atoms with Crippen LogP contribution in [0.5, 0.6) is 0 Å². The summed E-state index contributed by atoms with van der Waals surface area (Å²) in [5.41, 5.74) is 1.65. The van der Waals surface area contributed by atoms with E-state index in [1.54, 1.807) is 19.2 Å². The van der Waals surface area contributed by atoms with E-state index in [0.29, 0.717) is 5.56 Å². The molecular formula is C13H15N3O. The van der Waals surface area contributed by atoms with Gasteiger partial charge in [0, 0.05) is 19.3 Å². The molecule has 1 saturated heterocycles. The molecule has 0 aromatic heterocycles. The number of carbonyl (C=O) groups is 1. The normalized spacial score (nSPS) is 18.8. The monoisotopic (exact) mass is 229 g/mol. The van der Waals surface area contributed by atoms with Gasteiger partial charge >= 0.3 is 0 Å². The molecule has 1 N–H and O–H groups in total. The van der Waals surface area contributed by atoms with Crippen LogP contribution in [0.15, 0.2) is 24.3 Å². The quantitative estimate of drug-likeness (QED) is 0.831. The van der Waals surface area contributed by atoms with Crippen LogP contribution in [0.1, 0.15) is 18.4 Å². The molecule has 0 bridgehead atoms. The van der Waals surface area contributed by atoms with Crippen LogP contribution in [-0.2, 0) is 4.79 Å². The molecule has 4 heteroatoms. The van der Waals surface area contributed by atoms with E-state index in [2.05, 4.69) is 16.3 Å². The zero-order valence-electron chi connectivity index (χ0n) is 9.81. The minimum Gasteiger partial charge on any atom is -0.360 e. The van der Waals surface area contributed by atoms with Crippen molar-refractivity contribution >= 4 is 11.6 Å². The highest BCUT2D eigenvalue weighted by Crippen LogP contribution is 2.25. The third kappa shape index (κ3) is 2.23. The van der Waals surface area contributed by atoms with Gasteiger partial charge in [0.05, 0.1) is 11.6 Å². The fraction of sp³-hybridized carbons (Fsp3) is 0.385. The maximum Gasteiger partial charge on any atom is 0.242 e. The molecule has 0 saturated carbocycles. The Balaban J connectivity index is 2.20. The number of benzene rings is 1. The molecule has 4 nitrogen and oxygen atoms in total. The van der Waals surface area contributed by atoms with Gasteiger partial charge in [0.1, 0.15) is 6.04 Å². The van der Waals surface area contributed by atoms with Crippen molar-refractivity contribution in [3.05, 3.63) is 29.8 Å². The van der Waals surface area contributed by atoms with E-state index in [-0.39, 0.29) is 11.9 Å². The van der Waals surface area contributed by atoms with Gasteiger partial charge in [0.15, 0.2) is 0 Å². The average molecular weight is 229 g/mol. The van der Waals surface area contributed by atoms with Gasteiger partial charge < -0.3 is 10.2 Å². The van der Waals surface area contributed by atoms with Crippen LogP contribution >= 0.6 is 0 Å². The molecule has 88 valence electrons. The Bertz CT molecular complexity index is 447. The number of anilines is 1. The molecule has 2 rings (SSSR count). The summed E-state index contributed by atoms with van der Waals surface area (Å²) in [5.74, 6) is 0.0619. The highest BCUT2D eigenvalue weighted by Gasteiger charge is 2.29. The number of hydrogen-bond acceptors (Lipinski definition) is 3. The van der Waals surface area contributed by atoms with Gasteiger partial charge in [-0.2, -0.15) is 5.26 Å². The molecule has 1 unspecified atom stereocenters. The minimum atomic E-state index is -0.0760. The predicted molar refractivity (Wildman–Crippen MR) is 65.6 cm³/mol. The second-order valence-electron chi connectivity index (χ2n) is 4.12. The smallest absolute Gasteiger partial charge is 0.242 e. The summed E-state index contributed by atoms with van der Waals surface area (Å²) in [6.07, 6.45) is 1.91. The molecule has 0 aliphatic carbocycles. The third-order valence-corrected chi connectivity index (χ3v) is 3.13. The molecule has 1 amide bonds. The Morgan fingerprint density at radius 2 is 2.18 bits per heavy atom. The number of amides is 1. The van der Waals surface area contributed by atoms with E-state index in [4.69, 9.17) is 5.26 Å². The van der Waals surface area contributed by atoms with Gasteiger partial charge in [0.2, 0.25) is 5.91 Å². The molecule has 1 aromatic carbocycles. The first-order valence-electron chi connectivity index (χ1n) is 5.74. The van der Waals surface area contributed by atoms with Gasteiger partial charge in [-0.3, -0.25) is 4.79 Å². The largest absolute Gasteiger partial charge is 0.360 e. The van der Waals surface area contributed by atoms with Crippen molar-refractivity contribution in [3.8, 4) is 6.07 Å². The first-order chi connectivity index (χ1) is 8.26. The summed E-state index contributed by atoms with van der Waals surface area (Å²) in [6, 6.07) is 9.39. The second-order valence-corrected chi connectivity index (χ2v) is 4.12. The molecule has 1 fully saturated rings. The van der Waals surface area contributed by atoms with Crippen molar-refractivity contribution in [1.82, 2.24) is 5.32 Å². The Morgan fingerprint density at radius 3 is 2.76 bits per heavy atom. The van der Waals surface area contributed by atoms with Crippen LogP contribution in [0, 0.1) is 11.3 Å². The number of nitrogens with one attached hydrogen (secondary N) is 1. The predicted octanol–water partition coefficient (Wildman–Crippen LogP) is 1.27. The average Bonchev–Trinajstić information content (AvgIpc) is 2.87. The zero-order valence-corrected chi connectivity index (χ0v) is 9.81. The second kappa shape index (κ2) is 4.88. The highest BCUT2D eigenvalue weighted by molar-refractivity contribution is 5.85. The number of carbonyl (C=O) groups excluding carboxylic acids is 1. The van der Waals surface area contributed by atoms with E-state index in [1.165, 1.54) is 0 Å². The number of rotatable bonds is 2. The molecule has 0 spiro atoms. The van der Waals surface area contributed by atoms with Crippen molar-refractivity contribution in [3.63, 3.8) is 0 Å². The van der Waals surface area contributed by atoms with Crippen molar-refractivity contribution in [2.24, 2.45) is 0 Å².